The third kappa shape index (κ3) is 2.57. The second-order valence-electron chi connectivity index (χ2n) is 3.98. The minimum atomic E-state index is -4.81. The van der Waals surface area contributed by atoms with Gasteiger partial charge in [-0.25, -0.2) is 4.39 Å². The molecule has 0 saturated carbocycles. The zero-order chi connectivity index (χ0) is 11.0. The Morgan fingerprint density at radius 2 is 1.93 bits per heavy atom. The Morgan fingerprint density at radius 3 is 2.29 bits per heavy atom. The molecule has 1 aliphatic heterocycles. The Bertz CT molecular complexity index is 202. The van der Waals surface area contributed by atoms with Crippen molar-refractivity contribution in [3.05, 3.63) is 0 Å². The van der Waals surface area contributed by atoms with E-state index in [1.807, 2.05) is 0 Å². The quantitative estimate of drug-likeness (QED) is 0.702. The van der Waals surface area contributed by atoms with Gasteiger partial charge in [-0.15, -0.1) is 0 Å². The average Bonchev–Trinajstić information content (AvgIpc) is 2.31. The first-order valence-electron chi connectivity index (χ1n) is 4.46. The molecule has 2 N–H and O–H groups in total. The molecule has 6 heteroatoms. The fourth-order valence-corrected chi connectivity index (χ4v) is 1.52. The number of halogens is 4. The van der Waals surface area contributed by atoms with Gasteiger partial charge < -0.3 is 5.73 Å². The lowest BCUT2D eigenvalue weighted by Crippen LogP contribution is -2.47. The first kappa shape index (κ1) is 11.7. The normalized spacial score (nSPS) is 29.1. The molecule has 1 aliphatic rings. The van der Waals surface area contributed by atoms with Crippen LogP contribution in [0.2, 0.25) is 0 Å². The van der Waals surface area contributed by atoms with Gasteiger partial charge in [0.2, 0.25) is 5.67 Å². The first-order chi connectivity index (χ1) is 6.22. The van der Waals surface area contributed by atoms with Crippen molar-refractivity contribution in [1.82, 2.24) is 4.90 Å². The number of nitrogens with two attached hydrogens (primary N) is 1. The summed E-state index contributed by atoms with van der Waals surface area (Å²) in [5.74, 6) is 0. The summed E-state index contributed by atoms with van der Waals surface area (Å²) < 4.78 is 49.6. The van der Waals surface area contributed by atoms with E-state index < -0.39 is 18.4 Å². The van der Waals surface area contributed by atoms with Crippen LogP contribution in [0.5, 0.6) is 0 Å². The molecule has 0 amide bonds. The maximum atomic E-state index is 13.2. The van der Waals surface area contributed by atoms with Crippen molar-refractivity contribution < 1.29 is 17.6 Å². The monoisotopic (exact) mass is 214 g/mol. The smallest absolute Gasteiger partial charge is 0.326 e. The van der Waals surface area contributed by atoms with E-state index >= 15 is 0 Å². The zero-order valence-electron chi connectivity index (χ0n) is 7.94. The molecular formula is C8H14F4N2. The lowest BCUT2D eigenvalue weighted by atomic mass is 10.1. The predicted molar refractivity (Wildman–Crippen MR) is 44.6 cm³/mol. The maximum Gasteiger partial charge on any atom is 0.423 e. The zero-order valence-corrected chi connectivity index (χ0v) is 7.94. The summed E-state index contributed by atoms with van der Waals surface area (Å²) in [4.78, 5) is 1.41. The Kier molecular flexibility index (Phi) is 3.06. The van der Waals surface area contributed by atoms with Crippen LogP contribution in [0.4, 0.5) is 17.6 Å². The average molecular weight is 214 g/mol. The molecule has 2 unspecified atom stereocenters. The van der Waals surface area contributed by atoms with Crippen LogP contribution in [0.3, 0.4) is 0 Å². The molecule has 2 nitrogen and oxygen atoms in total. The van der Waals surface area contributed by atoms with E-state index in [1.54, 1.807) is 0 Å². The standard InChI is InChI=1S/C8H14F4N2/c1-7(9,8(10,11)12)5-14-3-2-6(13)4-14/h6H,2-5,13H2,1H3. The van der Waals surface area contributed by atoms with E-state index in [2.05, 4.69) is 0 Å². The van der Waals surface area contributed by atoms with Crippen molar-refractivity contribution in [2.75, 3.05) is 19.6 Å². The summed E-state index contributed by atoms with van der Waals surface area (Å²) in [5, 5.41) is 0. The topological polar surface area (TPSA) is 29.3 Å². The van der Waals surface area contributed by atoms with E-state index in [0.29, 0.717) is 26.4 Å². The van der Waals surface area contributed by atoms with Crippen molar-refractivity contribution in [2.24, 2.45) is 5.73 Å². The SMILES string of the molecule is CC(F)(CN1CCC(N)C1)C(F)(F)F. The predicted octanol–water partition coefficient (Wildman–Crippen LogP) is 1.31. The van der Waals surface area contributed by atoms with E-state index in [-0.39, 0.29) is 6.04 Å². The van der Waals surface area contributed by atoms with Crippen LogP contribution in [0.1, 0.15) is 13.3 Å². The summed E-state index contributed by atoms with van der Waals surface area (Å²) in [6.45, 7) is 0.730. The number of likely N-dealkylation sites (tertiary alicyclic amines) is 1. The summed E-state index contributed by atoms with van der Waals surface area (Å²) in [5.41, 5.74) is 2.37. The van der Waals surface area contributed by atoms with E-state index in [1.165, 1.54) is 4.90 Å². The van der Waals surface area contributed by atoms with Gasteiger partial charge in [-0.1, -0.05) is 0 Å². The molecule has 1 rings (SSSR count). The highest BCUT2D eigenvalue weighted by molar-refractivity contribution is 4.89. The molecule has 2 atom stereocenters. The van der Waals surface area contributed by atoms with Crippen LogP contribution in [-0.2, 0) is 0 Å². The van der Waals surface area contributed by atoms with Crippen molar-refractivity contribution >= 4 is 0 Å². The van der Waals surface area contributed by atoms with Gasteiger partial charge in [-0.05, 0) is 19.9 Å². The second kappa shape index (κ2) is 3.66. The van der Waals surface area contributed by atoms with Gasteiger partial charge in [0.05, 0.1) is 0 Å². The molecule has 0 aromatic heterocycles. The van der Waals surface area contributed by atoms with Crippen molar-refractivity contribution in [3.8, 4) is 0 Å². The third-order valence-corrected chi connectivity index (χ3v) is 2.42. The fourth-order valence-electron chi connectivity index (χ4n) is 1.52. The van der Waals surface area contributed by atoms with Crippen LogP contribution in [-0.4, -0.2) is 42.4 Å². The van der Waals surface area contributed by atoms with Gasteiger partial charge in [-0.3, -0.25) is 4.90 Å². The van der Waals surface area contributed by atoms with E-state index in [4.69, 9.17) is 5.73 Å². The highest BCUT2D eigenvalue weighted by Crippen LogP contribution is 2.34. The van der Waals surface area contributed by atoms with Gasteiger partial charge in [0, 0.05) is 19.1 Å². The molecule has 0 bridgehead atoms. The highest BCUT2D eigenvalue weighted by Gasteiger charge is 2.53. The van der Waals surface area contributed by atoms with Crippen molar-refractivity contribution in [2.45, 2.75) is 31.2 Å². The van der Waals surface area contributed by atoms with Crippen LogP contribution >= 0.6 is 0 Å². The molecule has 0 radical (unpaired) electrons. The van der Waals surface area contributed by atoms with Crippen molar-refractivity contribution in [1.29, 1.82) is 0 Å². The van der Waals surface area contributed by atoms with E-state index in [9.17, 15) is 17.6 Å². The van der Waals surface area contributed by atoms with Gasteiger partial charge in [0.15, 0.2) is 0 Å². The lowest BCUT2D eigenvalue weighted by molar-refractivity contribution is -0.228. The Hall–Kier alpha value is -0.360. The highest BCUT2D eigenvalue weighted by atomic mass is 19.4. The summed E-state index contributed by atoms with van der Waals surface area (Å²) >= 11 is 0. The number of hydrogen-bond acceptors (Lipinski definition) is 2. The molecule has 84 valence electrons. The van der Waals surface area contributed by atoms with Crippen LogP contribution in [0.15, 0.2) is 0 Å². The second-order valence-corrected chi connectivity index (χ2v) is 3.98. The van der Waals surface area contributed by atoms with Crippen molar-refractivity contribution in [3.63, 3.8) is 0 Å². The largest absolute Gasteiger partial charge is 0.423 e. The minimum Gasteiger partial charge on any atom is -0.326 e. The molecule has 0 spiro atoms. The van der Waals surface area contributed by atoms with Gasteiger partial charge >= 0.3 is 6.18 Å². The molecule has 1 heterocycles. The Balaban J connectivity index is 2.51. The molecule has 1 fully saturated rings. The minimum absolute atomic E-state index is 0.126. The van der Waals surface area contributed by atoms with Gasteiger partial charge in [0.1, 0.15) is 0 Å². The lowest BCUT2D eigenvalue weighted by Gasteiger charge is -2.28. The summed E-state index contributed by atoms with van der Waals surface area (Å²) in [6.07, 6.45) is -4.17. The Labute approximate surface area is 80.0 Å². The van der Waals surface area contributed by atoms with Gasteiger partial charge in [0.25, 0.3) is 0 Å². The van der Waals surface area contributed by atoms with Crippen LogP contribution in [0.25, 0.3) is 0 Å². The number of hydrogen-bond donors (Lipinski definition) is 1. The molecule has 0 aromatic carbocycles. The molecular weight excluding hydrogens is 200 g/mol. The van der Waals surface area contributed by atoms with E-state index in [0.717, 1.165) is 0 Å². The summed E-state index contributed by atoms with van der Waals surface area (Å²) in [7, 11) is 0. The maximum absolute atomic E-state index is 13.2. The van der Waals surface area contributed by atoms with Crippen LogP contribution in [0, 0.1) is 0 Å². The molecule has 1 saturated heterocycles. The third-order valence-electron chi connectivity index (χ3n) is 2.42. The molecule has 14 heavy (non-hydrogen) atoms. The van der Waals surface area contributed by atoms with Gasteiger partial charge in [-0.2, -0.15) is 13.2 Å². The van der Waals surface area contributed by atoms with Crippen LogP contribution < -0.4 is 5.73 Å². The first-order valence-corrected chi connectivity index (χ1v) is 4.46. The molecule has 0 aliphatic carbocycles. The number of nitrogens with zero attached hydrogens (tertiary/aromatic N) is 1. The Morgan fingerprint density at radius 1 is 1.36 bits per heavy atom. The summed E-state index contributed by atoms with van der Waals surface area (Å²) in [6, 6.07) is -0.126. The number of rotatable bonds is 2. The number of alkyl halides is 4. The molecule has 0 aromatic rings. The fraction of sp³-hybridized carbons (Fsp3) is 1.00.